The quantitative estimate of drug-likeness (QED) is 0.210. The summed E-state index contributed by atoms with van der Waals surface area (Å²) in [5.41, 5.74) is 0.857. The van der Waals surface area contributed by atoms with Crippen LogP contribution in [0.3, 0.4) is 0 Å². The monoisotopic (exact) mass is 512 g/mol. The number of hydrogen-bond donors (Lipinski definition) is 2. The van der Waals surface area contributed by atoms with Crippen LogP contribution in [0.25, 0.3) is 5.65 Å². The zero-order valence-corrected chi connectivity index (χ0v) is 18.8. The van der Waals surface area contributed by atoms with Gasteiger partial charge < -0.3 is 15.4 Å². The lowest BCUT2D eigenvalue weighted by molar-refractivity contribution is 0.223. The van der Waals surface area contributed by atoms with E-state index in [2.05, 4.69) is 25.8 Å². The Morgan fingerprint density at radius 1 is 1.21 bits per heavy atom. The maximum Gasteiger partial charge on any atom is 0.191 e. The maximum atomic E-state index is 13.2. The van der Waals surface area contributed by atoms with Crippen LogP contribution in [-0.2, 0) is 6.42 Å². The largest absolute Gasteiger partial charge is 0.489 e. The molecule has 0 aliphatic rings. The molecule has 0 fully saturated rings. The van der Waals surface area contributed by atoms with Crippen LogP contribution in [0.1, 0.15) is 19.2 Å². The first-order valence-corrected chi connectivity index (χ1v) is 9.31. The molecule has 1 atom stereocenters. The molecule has 3 rings (SSSR count). The highest BCUT2D eigenvalue weighted by atomic mass is 127. The molecule has 3 aromatic rings. The molecule has 1 aromatic carbocycles. The highest BCUT2D eigenvalue weighted by Crippen LogP contribution is 2.13. The molecule has 0 saturated heterocycles. The van der Waals surface area contributed by atoms with Crippen LogP contribution in [0.5, 0.6) is 5.75 Å². The SMILES string of the molecule is CN=C(NCCCc1nnc2ccccn12)NCC(C)Oc1cccc(F)c1.I. The molecule has 0 bridgehead atoms. The number of aryl methyl sites for hydroxylation is 1. The number of halogens is 2. The van der Waals surface area contributed by atoms with Crippen molar-refractivity contribution in [2.75, 3.05) is 20.1 Å². The van der Waals surface area contributed by atoms with Crippen molar-refractivity contribution in [3.8, 4) is 5.75 Å². The van der Waals surface area contributed by atoms with Gasteiger partial charge in [-0.15, -0.1) is 34.2 Å². The van der Waals surface area contributed by atoms with Crippen molar-refractivity contribution in [1.82, 2.24) is 25.2 Å². The fraction of sp³-hybridized carbons (Fsp3) is 0.350. The van der Waals surface area contributed by atoms with E-state index in [1.165, 1.54) is 12.1 Å². The van der Waals surface area contributed by atoms with Crippen molar-refractivity contribution in [1.29, 1.82) is 0 Å². The van der Waals surface area contributed by atoms with Crippen molar-refractivity contribution in [3.05, 3.63) is 60.3 Å². The van der Waals surface area contributed by atoms with Crippen LogP contribution >= 0.6 is 24.0 Å². The van der Waals surface area contributed by atoms with Gasteiger partial charge in [0.15, 0.2) is 11.6 Å². The van der Waals surface area contributed by atoms with Gasteiger partial charge in [0, 0.05) is 32.3 Å². The number of fused-ring (bicyclic) bond motifs is 1. The van der Waals surface area contributed by atoms with E-state index in [0.29, 0.717) is 18.3 Å². The third kappa shape index (κ3) is 6.84. The van der Waals surface area contributed by atoms with Crippen LogP contribution < -0.4 is 15.4 Å². The minimum Gasteiger partial charge on any atom is -0.489 e. The molecule has 7 nitrogen and oxygen atoms in total. The number of benzene rings is 1. The summed E-state index contributed by atoms with van der Waals surface area (Å²) in [7, 11) is 1.72. The highest BCUT2D eigenvalue weighted by molar-refractivity contribution is 14.0. The molecular formula is C20H26FIN6O. The van der Waals surface area contributed by atoms with Gasteiger partial charge in [-0.3, -0.25) is 9.39 Å². The maximum absolute atomic E-state index is 13.2. The Balaban J connectivity index is 0.00000300. The Kier molecular flexibility index (Phi) is 9.10. The lowest BCUT2D eigenvalue weighted by Crippen LogP contribution is -2.42. The standard InChI is InChI=1S/C20H25FN6O.HI/c1-15(28-17-8-5-7-16(21)13-17)14-24-20(22-2)23-11-6-10-19-26-25-18-9-3-4-12-27(18)19;/h3-5,7-9,12-13,15H,6,10-11,14H2,1-2H3,(H2,22,23,24);1H. The van der Waals surface area contributed by atoms with Gasteiger partial charge in [0.1, 0.15) is 23.5 Å². The third-order valence-corrected chi connectivity index (χ3v) is 4.17. The zero-order chi connectivity index (χ0) is 19.8. The molecular weight excluding hydrogens is 486 g/mol. The molecule has 2 heterocycles. The van der Waals surface area contributed by atoms with Crippen LogP contribution in [0, 0.1) is 5.82 Å². The molecule has 1 unspecified atom stereocenters. The number of pyridine rings is 1. The number of ether oxygens (including phenoxy) is 1. The van der Waals surface area contributed by atoms with Gasteiger partial charge in [0.25, 0.3) is 0 Å². The summed E-state index contributed by atoms with van der Waals surface area (Å²) in [6, 6.07) is 12.0. The van der Waals surface area contributed by atoms with Crippen molar-refractivity contribution >= 4 is 35.6 Å². The topological polar surface area (TPSA) is 75.8 Å². The van der Waals surface area contributed by atoms with E-state index < -0.39 is 0 Å². The van der Waals surface area contributed by atoms with E-state index in [1.54, 1.807) is 19.2 Å². The van der Waals surface area contributed by atoms with E-state index in [0.717, 1.165) is 30.9 Å². The molecule has 29 heavy (non-hydrogen) atoms. The molecule has 2 N–H and O–H groups in total. The lowest BCUT2D eigenvalue weighted by atomic mass is 10.3. The third-order valence-electron chi connectivity index (χ3n) is 4.17. The Hall–Kier alpha value is -2.43. The molecule has 0 saturated carbocycles. The average molecular weight is 512 g/mol. The molecule has 2 aromatic heterocycles. The van der Waals surface area contributed by atoms with Crippen LogP contribution in [0.15, 0.2) is 53.7 Å². The van der Waals surface area contributed by atoms with E-state index in [4.69, 9.17) is 4.74 Å². The summed E-state index contributed by atoms with van der Waals surface area (Å²) in [4.78, 5) is 4.21. The summed E-state index contributed by atoms with van der Waals surface area (Å²) in [5, 5.41) is 14.9. The van der Waals surface area contributed by atoms with E-state index in [9.17, 15) is 4.39 Å². The first kappa shape index (κ1) is 22.9. The van der Waals surface area contributed by atoms with Gasteiger partial charge in [0.2, 0.25) is 0 Å². The second-order valence-corrected chi connectivity index (χ2v) is 6.41. The second-order valence-electron chi connectivity index (χ2n) is 6.41. The van der Waals surface area contributed by atoms with Gasteiger partial charge in [-0.1, -0.05) is 12.1 Å². The summed E-state index contributed by atoms with van der Waals surface area (Å²) in [6.45, 7) is 3.22. The number of rotatable bonds is 8. The van der Waals surface area contributed by atoms with Gasteiger partial charge >= 0.3 is 0 Å². The molecule has 156 valence electrons. The summed E-state index contributed by atoms with van der Waals surface area (Å²) >= 11 is 0. The second kappa shape index (κ2) is 11.5. The lowest BCUT2D eigenvalue weighted by Gasteiger charge is -2.17. The first-order chi connectivity index (χ1) is 13.7. The Labute approximate surface area is 186 Å². The number of guanidine groups is 1. The number of aromatic nitrogens is 3. The van der Waals surface area contributed by atoms with Gasteiger partial charge in [-0.2, -0.15) is 0 Å². The van der Waals surface area contributed by atoms with Gasteiger partial charge in [-0.05, 0) is 37.6 Å². The Morgan fingerprint density at radius 2 is 2.07 bits per heavy atom. The molecule has 0 amide bonds. The van der Waals surface area contributed by atoms with E-state index >= 15 is 0 Å². The molecule has 9 heteroatoms. The highest BCUT2D eigenvalue weighted by Gasteiger charge is 2.07. The van der Waals surface area contributed by atoms with Crippen molar-refractivity contribution in [2.24, 2.45) is 4.99 Å². The normalized spacial score (nSPS) is 12.3. The van der Waals surface area contributed by atoms with E-state index in [1.807, 2.05) is 35.7 Å². The number of nitrogens with zero attached hydrogens (tertiary/aromatic N) is 4. The molecule has 0 aliphatic heterocycles. The van der Waals surface area contributed by atoms with Crippen molar-refractivity contribution in [2.45, 2.75) is 25.9 Å². The smallest absolute Gasteiger partial charge is 0.191 e. The minimum absolute atomic E-state index is 0. The van der Waals surface area contributed by atoms with Crippen molar-refractivity contribution < 1.29 is 9.13 Å². The summed E-state index contributed by atoms with van der Waals surface area (Å²) in [6.07, 6.45) is 3.54. The van der Waals surface area contributed by atoms with Gasteiger partial charge in [-0.25, -0.2) is 4.39 Å². The van der Waals surface area contributed by atoms with E-state index in [-0.39, 0.29) is 35.9 Å². The number of hydrogen-bond acceptors (Lipinski definition) is 4. The number of nitrogens with one attached hydrogen (secondary N) is 2. The van der Waals surface area contributed by atoms with Crippen LogP contribution in [-0.4, -0.2) is 46.8 Å². The molecule has 0 radical (unpaired) electrons. The fourth-order valence-corrected chi connectivity index (χ4v) is 2.79. The van der Waals surface area contributed by atoms with Crippen molar-refractivity contribution in [3.63, 3.8) is 0 Å². The predicted octanol–water partition coefficient (Wildman–Crippen LogP) is 3.05. The van der Waals surface area contributed by atoms with Gasteiger partial charge in [0.05, 0.1) is 6.54 Å². The van der Waals surface area contributed by atoms with Crippen LogP contribution in [0.4, 0.5) is 4.39 Å². The number of aliphatic imine (C=N–C) groups is 1. The first-order valence-electron chi connectivity index (χ1n) is 9.31. The molecule has 0 spiro atoms. The summed E-state index contributed by atoms with van der Waals surface area (Å²) < 4.78 is 20.9. The zero-order valence-electron chi connectivity index (χ0n) is 16.5. The fourth-order valence-electron chi connectivity index (χ4n) is 2.79. The average Bonchev–Trinajstić information content (AvgIpc) is 3.10. The minimum atomic E-state index is -0.310. The van der Waals surface area contributed by atoms with Crippen LogP contribution in [0.2, 0.25) is 0 Å². The predicted molar refractivity (Wildman–Crippen MR) is 123 cm³/mol. The molecule has 0 aliphatic carbocycles. The Morgan fingerprint density at radius 3 is 2.86 bits per heavy atom. The Bertz CT molecular complexity index is 932. The summed E-state index contributed by atoms with van der Waals surface area (Å²) in [5.74, 6) is 1.84.